The number of aliphatic hydroxyl groups is 1. The molecule has 0 aromatic heterocycles. The van der Waals surface area contributed by atoms with Crippen LogP contribution in [0.4, 0.5) is 0 Å². The van der Waals surface area contributed by atoms with Gasteiger partial charge in [0.1, 0.15) is 0 Å². The van der Waals surface area contributed by atoms with Gasteiger partial charge in [0.05, 0.1) is 0 Å². The maximum Gasteiger partial charge on any atom is 0.0440 e. The molecule has 1 aromatic carbocycles. The van der Waals surface area contributed by atoms with Crippen LogP contribution in [0.15, 0.2) is 22.7 Å². The van der Waals surface area contributed by atoms with Crippen molar-refractivity contribution in [1.82, 2.24) is 0 Å². The van der Waals surface area contributed by atoms with E-state index in [4.69, 9.17) is 5.11 Å². The average molecular weight is 213 g/mol. The number of rotatable bonds is 2. The molecule has 1 atom stereocenters. The van der Waals surface area contributed by atoms with Crippen molar-refractivity contribution >= 4 is 15.9 Å². The molecule has 1 N–H and O–H groups in total. The van der Waals surface area contributed by atoms with Gasteiger partial charge in [0.2, 0.25) is 0 Å². The third-order valence-electron chi connectivity index (χ3n) is 2.14. The lowest BCUT2D eigenvalue weighted by Gasteiger charge is -1.88. The molecule has 58 valence electrons. The summed E-state index contributed by atoms with van der Waals surface area (Å²) in [5, 5.41) is 8.72. The highest BCUT2D eigenvalue weighted by molar-refractivity contribution is 9.10. The molecule has 1 aromatic rings. The van der Waals surface area contributed by atoms with Crippen LogP contribution in [0.25, 0.3) is 0 Å². The summed E-state index contributed by atoms with van der Waals surface area (Å²) in [6.07, 6.45) is 0.873. The van der Waals surface area contributed by atoms with Crippen LogP contribution in [0.5, 0.6) is 0 Å². The molecule has 1 aliphatic carbocycles. The van der Waals surface area contributed by atoms with Gasteiger partial charge < -0.3 is 5.11 Å². The summed E-state index contributed by atoms with van der Waals surface area (Å²) in [7, 11) is 0. The molecule has 11 heavy (non-hydrogen) atoms. The first-order valence-corrected chi connectivity index (χ1v) is 4.53. The van der Waals surface area contributed by atoms with Crippen LogP contribution in [0.3, 0.4) is 0 Å². The van der Waals surface area contributed by atoms with E-state index in [-0.39, 0.29) is 6.61 Å². The van der Waals surface area contributed by atoms with Gasteiger partial charge >= 0.3 is 0 Å². The molecule has 0 heterocycles. The average Bonchev–Trinajstić information content (AvgIpc) is 2.66. The van der Waals surface area contributed by atoms with Crippen LogP contribution in [0.2, 0.25) is 0 Å². The van der Waals surface area contributed by atoms with Gasteiger partial charge in [-0.15, -0.1) is 0 Å². The Balaban J connectivity index is 2.23. The van der Waals surface area contributed by atoms with Gasteiger partial charge in [-0.3, -0.25) is 0 Å². The lowest BCUT2D eigenvalue weighted by molar-refractivity contribution is 0.287. The maximum absolute atomic E-state index is 8.72. The zero-order chi connectivity index (χ0) is 7.84. The van der Waals surface area contributed by atoms with Crippen molar-refractivity contribution in [3.63, 3.8) is 0 Å². The van der Waals surface area contributed by atoms with Crippen molar-refractivity contribution in [2.24, 2.45) is 0 Å². The van der Waals surface area contributed by atoms with E-state index in [1.165, 1.54) is 15.6 Å². The van der Waals surface area contributed by atoms with Crippen LogP contribution < -0.4 is 0 Å². The lowest BCUT2D eigenvalue weighted by Crippen LogP contribution is -1.82. The minimum Gasteiger partial charge on any atom is -0.396 e. The Morgan fingerprint density at radius 1 is 1.45 bits per heavy atom. The molecule has 0 radical (unpaired) electrons. The fourth-order valence-corrected chi connectivity index (χ4v) is 2.21. The molecule has 0 spiro atoms. The van der Waals surface area contributed by atoms with Crippen molar-refractivity contribution in [1.29, 1.82) is 0 Å². The summed E-state index contributed by atoms with van der Waals surface area (Å²) in [5.41, 5.74) is 2.79. The molecule has 0 unspecified atom stereocenters. The van der Waals surface area contributed by atoms with Crippen molar-refractivity contribution in [2.75, 3.05) is 6.61 Å². The Morgan fingerprint density at radius 2 is 2.27 bits per heavy atom. The summed E-state index contributed by atoms with van der Waals surface area (Å²) in [6, 6.07) is 6.22. The summed E-state index contributed by atoms with van der Waals surface area (Å²) in [6.45, 7) is 0.284. The van der Waals surface area contributed by atoms with Crippen LogP contribution in [-0.2, 0) is 0 Å². The van der Waals surface area contributed by atoms with Crippen molar-refractivity contribution < 1.29 is 5.11 Å². The molecule has 0 aliphatic heterocycles. The number of halogens is 1. The van der Waals surface area contributed by atoms with Gasteiger partial charge in [-0.2, -0.15) is 0 Å². The van der Waals surface area contributed by atoms with Crippen molar-refractivity contribution in [2.45, 2.75) is 12.3 Å². The van der Waals surface area contributed by atoms with Crippen molar-refractivity contribution in [3.05, 3.63) is 33.8 Å². The van der Waals surface area contributed by atoms with Gasteiger partial charge in [-0.1, -0.05) is 28.1 Å². The maximum atomic E-state index is 8.72. The van der Waals surface area contributed by atoms with Gasteiger partial charge in [-0.05, 0) is 23.6 Å². The Kier molecular flexibility index (Phi) is 1.74. The second kappa shape index (κ2) is 2.61. The lowest BCUT2D eigenvalue weighted by atomic mass is 10.2. The second-order valence-electron chi connectivity index (χ2n) is 2.81. The smallest absolute Gasteiger partial charge is 0.0440 e. The minimum absolute atomic E-state index is 0.284. The Labute approximate surface area is 74.2 Å². The molecular weight excluding hydrogens is 204 g/mol. The Bertz CT molecular complexity index is 283. The van der Waals surface area contributed by atoms with Gasteiger partial charge in [0.25, 0.3) is 0 Å². The second-order valence-corrected chi connectivity index (χ2v) is 3.66. The highest BCUT2D eigenvalue weighted by atomic mass is 79.9. The molecule has 0 amide bonds. The van der Waals surface area contributed by atoms with Gasteiger partial charge in [0, 0.05) is 17.0 Å². The third-order valence-corrected chi connectivity index (χ3v) is 2.84. The summed E-state index contributed by atoms with van der Waals surface area (Å²) in [4.78, 5) is 0. The molecule has 0 bridgehead atoms. The number of hydrogen-bond acceptors (Lipinski definition) is 1. The fourth-order valence-electron chi connectivity index (χ4n) is 1.55. The number of hydrogen-bond donors (Lipinski definition) is 1. The Morgan fingerprint density at radius 3 is 2.91 bits per heavy atom. The monoisotopic (exact) mass is 212 g/mol. The predicted octanol–water partition coefficient (Wildman–Crippen LogP) is 2.28. The molecule has 0 saturated heterocycles. The van der Waals surface area contributed by atoms with Crippen LogP contribution in [0.1, 0.15) is 23.5 Å². The highest BCUT2D eigenvalue weighted by Gasteiger charge is 2.33. The quantitative estimate of drug-likeness (QED) is 0.798. The molecule has 1 aliphatic rings. The molecule has 2 rings (SSSR count). The van der Waals surface area contributed by atoms with Crippen LogP contribution in [-0.4, -0.2) is 11.7 Å². The van der Waals surface area contributed by atoms with E-state index < -0.39 is 0 Å². The fraction of sp³-hybridized carbons (Fsp3) is 0.333. The topological polar surface area (TPSA) is 20.2 Å². The van der Waals surface area contributed by atoms with Gasteiger partial charge in [0.15, 0.2) is 0 Å². The summed E-state index contributed by atoms with van der Waals surface area (Å²) in [5.74, 6) is 0.532. The van der Waals surface area contributed by atoms with E-state index in [1.807, 2.05) is 6.07 Å². The van der Waals surface area contributed by atoms with E-state index in [1.54, 1.807) is 0 Å². The number of benzene rings is 1. The Hall–Kier alpha value is -0.340. The van der Waals surface area contributed by atoms with E-state index in [2.05, 4.69) is 28.1 Å². The van der Waals surface area contributed by atoms with E-state index in [0.717, 1.165) is 6.42 Å². The molecule has 0 saturated carbocycles. The molecule has 1 nitrogen and oxygen atoms in total. The van der Waals surface area contributed by atoms with Crippen LogP contribution >= 0.6 is 15.9 Å². The zero-order valence-electron chi connectivity index (χ0n) is 6.05. The van der Waals surface area contributed by atoms with E-state index >= 15 is 0 Å². The highest BCUT2D eigenvalue weighted by Crippen LogP contribution is 2.49. The summed E-state index contributed by atoms with van der Waals surface area (Å²) < 4.78 is 1.19. The van der Waals surface area contributed by atoms with Gasteiger partial charge in [-0.25, -0.2) is 0 Å². The number of aliphatic hydroxyl groups excluding tert-OH is 1. The standard InChI is InChI=1S/C9H9BrO/c10-8-3-1-2-6-7(4-5-11)9(6)8/h1-3,7,11H,4-5H2/t7-/m0/s1. The predicted molar refractivity (Wildman–Crippen MR) is 47.7 cm³/mol. The zero-order valence-corrected chi connectivity index (χ0v) is 7.63. The largest absolute Gasteiger partial charge is 0.396 e. The molecule has 2 heteroatoms. The van der Waals surface area contributed by atoms with E-state index in [0.29, 0.717) is 5.92 Å². The molecule has 0 fully saturated rings. The van der Waals surface area contributed by atoms with Crippen molar-refractivity contribution in [3.8, 4) is 0 Å². The van der Waals surface area contributed by atoms with Crippen LogP contribution in [0, 0.1) is 0 Å². The first-order chi connectivity index (χ1) is 5.34. The first kappa shape index (κ1) is 7.32. The first-order valence-electron chi connectivity index (χ1n) is 3.73. The SMILES string of the molecule is OCC[C@H]1c2cccc(Br)c21. The number of fused-ring (bicyclic) bond motifs is 1. The van der Waals surface area contributed by atoms with E-state index in [9.17, 15) is 0 Å². The third kappa shape index (κ3) is 1.10. The molecular formula is C9H9BrO. The summed E-state index contributed by atoms with van der Waals surface area (Å²) >= 11 is 3.48. The minimum atomic E-state index is 0.284. The normalized spacial score (nSPS) is 19.6.